The van der Waals surface area contributed by atoms with Crippen molar-refractivity contribution in [1.29, 1.82) is 0 Å². The maximum Gasteiger partial charge on any atom is 0.288 e. The van der Waals surface area contributed by atoms with Gasteiger partial charge < -0.3 is 10.1 Å². The number of hydrogen-bond donors (Lipinski definition) is 1. The SMILES string of the molecule is O=C(NCCCOCCc1ccccc1)c1ccc(SC(F)F)cc1. The van der Waals surface area contributed by atoms with Crippen LogP contribution >= 0.6 is 11.8 Å². The molecule has 0 aliphatic carbocycles. The van der Waals surface area contributed by atoms with Gasteiger partial charge in [-0.25, -0.2) is 0 Å². The van der Waals surface area contributed by atoms with Crippen LogP contribution in [0.5, 0.6) is 0 Å². The van der Waals surface area contributed by atoms with E-state index in [1.165, 1.54) is 17.7 Å². The van der Waals surface area contributed by atoms with Crippen molar-refractivity contribution < 1.29 is 18.3 Å². The molecule has 0 radical (unpaired) electrons. The molecule has 2 aromatic carbocycles. The van der Waals surface area contributed by atoms with E-state index in [0.29, 0.717) is 42.0 Å². The fourth-order valence-corrected chi connectivity index (χ4v) is 2.70. The quantitative estimate of drug-likeness (QED) is 0.502. The standard InChI is InChI=1S/C19H21F2NO2S/c20-19(21)25-17-9-7-16(8-10-17)18(23)22-12-4-13-24-14-11-15-5-2-1-3-6-15/h1-3,5-10,19H,4,11-14H2,(H,22,23). The average molecular weight is 365 g/mol. The van der Waals surface area contributed by atoms with Gasteiger partial charge in [-0.05, 0) is 42.7 Å². The lowest BCUT2D eigenvalue weighted by Gasteiger charge is -2.07. The van der Waals surface area contributed by atoms with Crippen LogP contribution in [-0.4, -0.2) is 31.4 Å². The van der Waals surface area contributed by atoms with Crippen molar-refractivity contribution in [3.05, 3.63) is 65.7 Å². The number of rotatable bonds is 10. The van der Waals surface area contributed by atoms with Crippen molar-refractivity contribution in [1.82, 2.24) is 5.32 Å². The lowest BCUT2D eigenvalue weighted by Crippen LogP contribution is -2.25. The molecule has 0 unspecified atom stereocenters. The monoisotopic (exact) mass is 365 g/mol. The number of thioether (sulfide) groups is 1. The van der Waals surface area contributed by atoms with Crippen LogP contribution in [0.25, 0.3) is 0 Å². The van der Waals surface area contributed by atoms with Crippen LogP contribution in [-0.2, 0) is 11.2 Å². The normalized spacial score (nSPS) is 10.8. The number of amides is 1. The molecule has 0 atom stereocenters. The molecule has 2 rings (SSSR count). The van der Waals surface area contributed by atoms with Crippen molar-refractivity contribution in [3.63, 3.8) is 0 Å². The summed E-state index contributed by atoms with van der Waals surface area (Å²) in [6.07, 6.45) is 1.59. The highest BCUT2D eigenvalue weighted by Crippen LogP contribution is 2.25. The zero-order chi connectivity index (χ0) is 17.9. The first-order chi connectivity index (χ1) is 12.1. The van der Waals surface area contributed by atoms with Crippen molar-refractivity contribution in [3.8, 4) is 0 Å². The van der Waals surface area contributed by atoms with Crippen molar-refractivity contribution >= 4 is 17.7 Å². The Morgan fingerprint density at radius 2 is 1.76 bits per heavy atom. The maximum atomic E-state index is 12.2. The first-order valence-electron chi connectivity index (χ1n) is 8.10. The van der Waals surface area contributed by atoms with Crippen LogP contribution in [0.3, 0.4) is 0 Å². The Morgan fingerprint density at radius 3 is 2.44 bits per heavy atom. The smallest absolute Gasteiger partial charge is 0.288 e. The molecular weight excluding hydrogens is 344 g/mol. The molecule has 0 heterocycles. The first kappa shape index (κ1) is 19.4. The Morgan fingerprint density at radius 1 is 1.04 bits per heavy atom. The Kier molecular flexibility index (Phi) is 8.42. The largest absolute Gasteiger partial charge is 0.381 e. The van der Waals surface area contributed by atoms with Crippen LogP contribution < -0.4 is 5.32 Å². The van der Waals surface area contributed by atoms with Crippen LogP contribution in [0.2, 0.25) is 0 Å². The minimum atomic E-state index is -2.46. The Hall–Kier alpha value is -1.92. The highest BCUT2D eigenvalue weighted by molar-refractivity contribution is 7.99. The van der Waals surface area contributed by atoms with Gasteiger partial charge in [-0.2, -0.15) is 8.78 Å². The summed E-state index contributed by atoms with van der Waals surface area (Å²) in [7, 11) is 0. The molecule has 134 valence electrons. The van der Waals surface area contributed by atoms with E-state index in [9.17, 15) is 13.6 Å². The molecule has 1 N–H and O–H groups in total. The third-order valence-corrected chi connectivity index (χ3v) is 4.19. The fourth-order valence-electron chi connectivity index (χ4n) is 2.20. The molecule has 1 amide bonds. The molecule has 0 aromatic heterocycles. The number of alkyl halides is 2. The van der Waals surface area contributed by atoms with Crippen molar-refractivity contribution in [2.75, 3.05) is 19.8 Å². The summed E-state index contributed by atoms with van der Waals surface area (Å²) in [5.41, 5.74) is 1.70. The second-order valence-corrected chi connectivity index (χ2v) is 6.42. The van der Waals surface area contributed by atoms with Gasteiger partial charge in [0, 0.05) is 23.6 Å². The van der Waals surface area contributed by atoms with Crippen molar-refractivity contribution in [2.24, 2.45) is 0 Å². The number of nitrogens with one attached hydrogen (secondary N) is 1. The van der Waals surface area contributed by atoms with Gasteiger partial charge >= 0.3 is 0 Å². The van der Waals surface area contributed by atoms with E-state index >= 15 is 0 Å². The zero-order valence-electron chi connectivity index (χ0n) is 13.8. The Balaban J connectivity index is 1.57. The minimum Gasteiger partial charge on any atom is -0.381 e. The minimum absolute atomic E-state index is 0.210. The molecule has 0 spiro atoms. The second-order valence-electron chi connectivity index (χ2n) is 5.36. The number of carbonyl (C=O) groups is 1. The van der Waals surface area contributed by atoms with E-state index in [1.807, 2.05) is 18.2 Å². The average Bonchev–Trinajstić information content (AvgIpc) is 2.61. The van der Waals surface area contributed by atoms with Gasteiger partial charge in [-0.3, -0.25) is 4.79 Å². The van der Waals surface area contributed by atoms with Crippen LogP contribution in [0, 0.1) is 0 Å². The summed E-state index contributed by atoms with van der Waals surface area (Å²) in [5, 5.41) is 2.79. The molecule has 3 nitrogen and oxygen atoms in total. The summed E-state index contributed by atoms with van der Waals surface area (Å²) in [6, 6.07) is 16.3. The number of ether oxygens (including phenoxy) is 1. The highest BCUT2D eigenvalue weighted by Gasteiger charge is 2.08. The molecule has 6 heteroatoms. The van der Waals surface area contributed by atoms with Gasteiger partial charge in [0.2, 0.25) is 0 Å². The third-order valence-electron chi connectivity index (χ3n) is 3.47. The first-order valence-corrected chi connectivity index (χ1v) is 8.98. The summed E-state index contributed by atoms with van der Waals surface area (Å²) in [5.74, 6) is -2.67. The number of carbonyl (C=O) groups excluding carboxylic acids is 1. The molecule has 0 saturated carbocycles. The van der Waals surface area contributed by atoms with Gasteiger partial charge in [0.15, 0.2) is 0 Å². The fraction of sp³-hybridized carbons (Fsp3) is 0.316. The van der Waals surface area contributed by atoms with Crippen LogP contribution in [0.1, 0.15) is 22.3 Å². The van der Waals surface area contributed by atoms with E-state index < -0.39 is 5.76 Å². The summed E-state index contributed by atoms with van der Waals surface area (Å²) in [4.78, 5) is 12.4. The maximum absolute atomic E-state index is 12.2. The summed E-state index contributed by atoms with van der Waals surface area (Å²) < 4.78 is 30.0. The number of halogens is 2. The Bertz CT molecular complexity index is 636. The van der Waals surface area contributed by atoms with E-state index in [2.05, 4.69) is 17.4 Å². The van der Waals surface area contributed by atoms with Gasteiger partial charge in [0.25, 0.3) is 11.7 Å². The molecule has 0 bridgehead atoms. The lowest BCUT2D eigenvalue weighted by atomic mass is 10.2. The third kappa shape index (κ3) is 7.67. The van der Waals surface area contributed by atoms with E-state index in [1.54, 1.807) is 12.1 Å². The van der Waals surface area contributed by atoms with E-state index in [-0.39, 0.29) is 5.91 Å². The molecule has 0 fully saturated rings. The van der Waals surface area contributed by atoms with Gasteiger partial charge in [-0.15, -0.1) is 0 Å². The van der Waals surface area contributed by atoms with E-state index in [4.69, 9.17) is 4.74 Å². The molecular formula is C19H21F2NO2S. The molecule has 2 aromatic rings. The van der Waals surface area contributed by atoms with Crippen molar-refractivity contribution in [2.45, 2.75) is 23.5 Å². The topological polar surface area (TPSA) is 38.3 Å². The highest BCUT2D eigenvalue weighted by atomic mass is 32.2. The molecule has 0 aliphatic heterocycles. The van der Waals surface area contributed by atoms with Crippen LogP contribution in [0.15, 0.2) is 59.5 Å². The summed E-state index contributed by atoms with van der Waals surface area (Å²) >= 11 is 0.465. The van der Waals surface area contributed by atoms with Gasteiger partial charge in [-0.1, -0.05) is 42.1 Å². The predicted octanol–water partition coefficient (Wildman–Crippen LogP) is 4.38. The number of hydrogen-bond acceptors (Lipinski definition) is 3. The summed E-state index contributed by atoms with van der Waals surface area (Å²) in [6.45, 7) is 1.75. The molecule has 0 aliphatic rings. The Labute approximate surface area is 150 Å². The molecule has 25 heavy (non-hydrogen) atoms. The zero-order valence-corrected chi connectivity index (χ0v) is 14.6. The van der Waals surface area contributed by atoms with Gasteiger partial charge in [0.1, 0.15) is 0 Å². The van der Waals surface area contributed by atoms with E-state index in [0.717, 1.165) is 12.8 Å². The second kappa shape index (κ2) is 10.8. The van der Waals surface area contributed by atoms with Crippen LogP contribution in [0.4, 0.5) is 8.78 Å². The number of benzene rings is 2. The predicted molar refractivity (Wildman–Crippen MR) is 96.2 cm³/mol. The lowest BCUT2D eigenvalue weighted by molar-refractivity contribution is 0.0942. The molecule has 0 saturated heterocycles. The van der Waals surface area contributed by atoms with Gasteiger partial charge in [0.05, 0.1) is 6.61 Å².